The lowest BCUT2D eigenvalue weighted by molar-refractivity contribution is -0.122. The van der Waals surface area contributed by atoms with E-state index in [0.717, 1.165) is 21.8 Å². The van der Waals surface area contributed by atoms with Crippen LogP contribution in [0.5, 0.6) is 0 Å². The van der Waals surface area contributed by atoms with E-state index < -0.39 is 11.2 Å². The van der Waals surface area contributed by atoms with Crippen molar-refractivity contribution in [1.29, 1.82) is 0 Å². The number of allylic oxidation sites excluding steroid dienone is 1. The number of imide groups is 1. The summed E-state index contributed by atoms with van der Waals surface area (Å²) < 4.78 is 0. The fraction of sp³-hybridized carbons (Fsp3) is 0.136. The zero-order valence-corrected chi connectivity index (χ0v) is 17.8. The molecule has 2 amide bonds. The van der Waals surface area contributed by atoms with Gasteiger partial charge in [-0.2, -0.15) is 0 Å². The molecule has 3 aromatic rings. The number of benzene rings is 2. The second-order valence-electron chi connectivity index (χ2n) is 7.06. The van der Waals surface area contributed by atoms with Crippen molar-refractivity contribution in [2.75, 3.05) is 4.90 Å². The van der Waals surface area contributed by atoms with Crippen LogP contribution in [0.1, 0.15) is 16.4 Å². The molecule has 5 rings (SSSR count). The first-order chi connectivity index (χ1) is 14.5. The Morgan fingerprint density at radius 2 is 1.70 bits per heavy atom. The average molecular weight is 455 g/mol. The monoisotopic (exact) mass is 454 g/mol. The molecule has 0 unspecified atom stereocenters. The Labute approximate surface area is 185 Å². The topological polar surface area (TPSA) is 70.2 Å². The van der Waals surface area contributed by atoms with Gasteiger partial charge in [0, 0.05) is 15.8 Å². The van der Waals surface area contributed by atoms with Crippen LogP contribution in [0.3, 0.4) is 0 Å². The van der Waals surface area contributed by atoms with Crippen molar-refractivity contribution in [3.63, 3.8) is 0 Å². The summed E-state index contributed by atoms with van der Waals surface area (Å²) in [6, 6.07) is 16.4. The molecule has 0 aliphatic carbocycles. The van der Waals surface area contributed by atoms with Gasteiger partial charge in [0.25, 0.3) is 0 Å². The van der Waals surface area contributed by atoms with Gasteiger partial charge in [-0.1, -0.05) is 77.2 Å². The van der Waals surface area contributed by atoms with E-state index in [-0.39, 0.29) is 22.6 Å². The molecule has 150 valence electrons. The van der Waals surface area contributed by atoms with E-state index in [9.17, 15) is 14.4 Å². The highest BCUT2D eigenvalue weighted by molar-refractivity contribution is 8.00. The van der Waals surface area contributed by atoms with E-state index in [1.807, 2.05) is 42.5 Å². The van der Waals surface area contributed by atoms with Crippen LogP contribution >= 0.6 is 34.7 Å². The van der Waals surface area contributed by atoms with Crippen LogP contribution in [0.2, 0.25) is 5.02 Å². The first-order valence-electron chi connectivity index (χ1n) is 9.29. The van der Waals surface area contributed by atoms with Gasteiger partial charge in [0.05, 0.1) is 16.6 Å². The fourth-order valence-corrected chi connectivity index (χ4v) is 6.50. The molecule has 8 heteroatoms. The summed E-state index contributed by atoms with van der Waals surface area (Å²) in [5.74, 6) is -1.46. The van der Waals surface area contributed by atoms with Crippen LogP contribution in [0.15, 0.2) is 70.5 Å². The number of carbonyl (C=O) groups is 2. The van der Waals surface area contributed by atoms with Gasteiger partial charge in [-0.25, -0.2) is 4.90 Å². The number of carbonyl (C=O) groups excluding carboxylic acids is 2. The van der Waals surface area contributed by atoms with Gasteiger partial charge < -0.3 is 4.98 Å². The Kier molecular flexibility index (Phi) is 4.89. The van der Waals surface area contributed by atoms with Crippen molar-refractivity contribution >= 4 is 58.3 Å². The number of thiazole rings is 1. The summed E-state index contributed by atoms with van der Waals surface area (Å²) in [4.78, 5) is 43.3. The number of thioether (sulfide) groups is 1. The van der Waals surface area contributed by atoms with Crippen molar-refractivity contribution in [3.8, 4) is 0 Å². The number of nitrogens with one attached hydrogen (secondary N) is 1. The van der Waals surface area contributed by atoms with Gasteiger partial charge in [-0.15, -0.1) is 0 Å². The molecule has 0 radical (unpaired) electrons. The second kappa shape index (κ2) is 7.58. The summed E-state index contributed by atoms with van der Waals surface area (Å²) in [6.45, 7) is 0. The lowest BCUT2D eigenvalue weighted by Crippen LogP contribution is -2.31. The second-order valence-corrected chi connectivity index (χ2v) is 9.66. The number of H-pyrrole nitrogens is 1. The summed E-state index contributed by atoms with van der Waals surface area (Å²) in [5.41, 5.74) is 1.50. The molecule has 0 bridgehead atoms. The predicted octanol–water partition coefficient (Wildman–Crippen LogP) is 4.55. The standard InChI is InChI=1S/C22H15ClN2O3S2/c23-13-7-9-14(10-8-13)25-20(26)16-15(11-6-12-4-2-1-3-5-12)17-19(24-22(28)30-17)29-18(16)21(25)27/h1-11,15-16,18H,(H,24,28)/b11-6+/t15-,16+,18-/m1/s1. The molecule has 2 aliphatic rings. The maximum Gasteiger partial charge on any atom is 0.305 e. The maximum absolute atomic E-state index is 13.4. The molecule has 5 nitrogen and oxygen atoms in total. The molecule has 30 heavy (non-hydrogen) atoms. The Balaban J connectivity index is 1.57. The molecule has 2 aromatic carbocycles. The largest absolute Gasteiger partial charge is 0.307 e. The van der Waals surface area contributed by atoms with Crippen LogP contribution in [-0.4, -0.2) is 22.0 Å². The van der Waals surface area contributed by atoms with Crippen LogP contribution in [0.4, 0.5) is 5.69 Å². The zero-order chi connectivity index (χ0) is 20.8. The van der Waals surface area contributed by atoms with Gasteiger partial charge in [0.15, 0.2) is 0 Å². The lowest BCUT2D eigenvalue weighted by atomic mass is 9.88. The number of halogens is 1. The van der Waals surface area contributed by atoms with E-state index in [1.54, 1.807) is 24.3 Å². The normalized spacial score (nSPS) is 23.1. The predicted molar refractivity (Wildman–Crippen MR) is 120 cm³/mol. The molecule has 1 aromatic heterocycles. The maximum atomic E-state index is 13.4. The minimum atomic E-state index is -0.587. The quantitative estimate of drug-likeness (QED) is 0.589. The highest BCUT2D eigenvalue weighted by Crippen LogP contribution is 2.51. The first-order valence-corrected chi connectivity index (χ1v) is 11.4. The molecule has 0 spiro atoms. The molecule has 3 atom stereocenters. The minimum absolute atomic E-state index is 0.181. The van der Waals surface area contributed by atoms with Crippen LogP contribution in [-0.2, 0) is 9.59 Å². The number of hydrogen-bond acceptors (Lipinski definition) is 5. The average Bonchev–Trinajstić information content (AvgIpc) is 3.24. The van der Waals surface area contributed by atoms with Crippen LogP contribution in [0.25, 0.3) is 6.08 Å². The summed E-state index contributed by atoms with van der Waals surface area (Å²) in [7, 11) is 0. The van der Waals surface area contributed by atoms with Gasteiger partial charge in [-0.3, -0.25) is 14.4 Å². The fourth-order valence-electron chi connectivity index (χ4n) is 3.89. The summed E-state index contributed by atoms with van der Waals surface area (Å²) in [6.07, 6.45) is 3.88. The van der Waals surface area contributed by atoms with Crippen LogP contribution in [0, 0.1) is 5.92 Å². The third-order valence-corrected chi connectivity index (χ3v) is 7.92. The first kappa shape index (κ1) is 19.4. The number of hydrogen-bond donors (Lipinski definition) is 1. The highest BCUT2D eigenvalue weighted by Gasteiger charge is 2.55. The van der Waals surface area contributed by atoms with Gasteiger partial charge in [0.1, 0.15) is 5.25 Å². The number of amides is 2. The number of fused-ring (bicyclic) bond motifs is 2. The van der Waals surface area contributed by atoms with E-state index in [0.29, 0.717) is 15.7 Å². The highest BCUT2D eigenvalue weighted by atomic mass is 35.5. The molecule has 3 heterocycles. The van der Waals surface area contributed by atoms with E-state index in [4.69, 9.17) is 11.6 Å². The smallest absolute Gasteiger partial charge is 0.305 e. The van der Waals surface area contributed by atoms with Crippen LogP contribution < -0.4 is 9.77 Å². The Morgan fingerprint density at radius 3 is 2.43 bits per heavy atom. The van der Waals surface area contributed by atoms with Gasteiger partial charge in [0.2, 0.25) is 11.8 Å². The number of anilines is 1. The SMILES string of the molecule is O=C1[C@@H]2[C@@H](Sc3[nH]c(=O)sc3[C@@H]2/C=C/c2ccccc2)C(=O)N1c1ccc(Cl)cc1. The van der Waals surface area contributed by atoms with E-state index in [2.05, 4.69) is 4.98 Å². The number of rotatable bonds is 3. The van der Waals surface area contributed by atoms with E-state index in [1.165, 1.54) is 16.7 Å². The Bertz CT molecular complexity index is 1220. The molecular formula is C22H15ClN2O3S2. The molecule has 0 saturated carbocycles. The van der Waals surface area contributed by atoms with Crippen molar-refractivity contribution in [2.45, 2.75) is 16.2 Å². The van der Waals surface area contributed by atoms with Crippen molar-refractivity contribution in [2.24, 2.45) is 5.92 Å². The third kappa shape index (κ3) is 3.23. The Hall–Kier alpha value is -2.61. The van der Waals surface area contributed by atoms with Crippen molar-refractivity contribution in [1.82, 2.24) is 4.98 Å². The minimum Gasteiger partial charge on any atom is -0.307 e. The van der Waals surface area contributed by atoms with Gasteiger partial charge in [-0.05, 0) is 29.8 Å². The molecule has 1 N–H and O–H groups in total. The number of aromatic amines is 1. The van der Waals surface area contributed by atoms with Crippen molar-refractivity contribution < 1.29 is 9.59 Å². The number of nitrogens with zero attached hydrogens (tertiary/aromatic N) is 1. The molecule has 2 aliphatic heterocycles. The third-order valence-electron chi connectivity index (χ3n) is 5.25. The van der Waals surface area contributed by atoms with Crippen molar-refractivity contribution in [3.05, 3.63) is 85.8 Å². The lowest BCUT2D eigenvalue weighted by Gasteiger charge is -2.27. The Morgan fingerprint density at radius 1 is 0.967 bits per heavy atom. The molecular weight excluding hydrogens is 440 g/mol. The molecule has 1 fully saturated rings. The zero-order valence-electron chi connectivity index (χ0n) is 15.4. The van der Waals surface area contributed by atoms with E-state index >= 15 is 0 Å². The van der Waals surface area contributed by atoms with Gasteiger partial charge >= 0.3 is 4.87 Å². The summed E-state index contributed by atoms with van der Waals surface area (Å²) >= 11 is 8.33. The number of aromatic nitrogens is 1. The molecule has 1 saturated heterocycles. The summed E-state index contributed by atoms with van der Waals surface area (Å²) in [5, 5.41) is 0.623.